The Morgan fingerprint density at radius 1 is 1.14 bits per heavy atom. The summed E-state index contributed by atoms with van der Waals surface area (Å²) in [5.41, 5.74) is 6.68. The highest BCUT2D eigenvalue weighted by molar-refractivity contribution is 7.53. The quantitative estimate of drug-likeness (QED) is 0.168. The summed E-state index contributed by atoms with van der Waals surface area (Å²) in [7, 11) is -2.40. The van der Waals surface area contributed by atoms with Gasteiger partial charge in [-0.05, 0) is 48.5 Å². The number of anilines is 1. The molecular formula is C27H27FN5O8P. The largest absolute Gasteiger partial charge is 0.497 e. The second-order valence-electron chi connectivity index (χ2n) is 8.94. The molecule has 0 saturated heterocycles. The lowest BCUT2D eigenvalue weighted by Crippen LogP contribution is -2.13. The molecule has 0 fully saturated rings. The average molecular weight is 600 g/mol. The van der Waals surface area contributed by atoms with Gasteiger partial charge in [0.2, 0.25) is 5.95 Å². The smallest absolute Gasteiger partial charge is 0.356 e. The number of halogens is 1. The van der Waals surface area contributed by atoms with Crippen LogP contribution in [-0.2, 0) is 41.0 Å². The van der Waals surface area contributed by atoms with E-state index < -0.39 is 25.3 Å². The van der Waals surface area contributed by atoms with Crippen LogP contribution < -0.4 is 16.0 Å². The van der Waals surface area contributed by atoms with Gasteiger partial charge in [0.25, 0.3) is 11.5 Å². The summed E-state index contributed by atoms with van der Waals surface area (Å²) >= 11 is 0. The number of nitrogen functional groups attached to an aromatic ring is 1. The molecule has 0 radical (unpaired) electrons. The molecule has 0 amide bonds. The predicted molar refractivity (Wildman–Crippen MR) is 149 cm³/mol. The summed E-state index contributed by atoms with van der Waals surface area (Å²) in [5, 5.41) is 0. The molecule has 1 aliphatic rings. The van der Waals surface area contributed by atoms with Crippen LogP contribution in [0.3, 0.4) is 0 Å². The molecule has 1 unspecified atom stereocenters. The van der Waals surface area contributed by atoms with E-state index in [1.54, 1.807) is 42.0 Å². The van der Waals surface area contributed by atoms with Crippen molar-refractivity contribution in [3.63, 3.8) is 0 Å². The van der Waals surface area contributed by atoms with Gasteiger partial charge in [0, 0.05) is 12.1 Å². The van der Waals surface area contributed by atoms with Gasteiger partial charge in [-0.2, -0.15) is 4.98 Å². The van der Waals surface area contributed by atoms with Crippen LogP contribution in [0.5, 0.6) is 5.75 Å². The molecule has 15 heteroatoms. The van der Waals surface area contributed by atoms with Crippen molar-refractivity contribution in [3.8, 4) is 5.75 Å². The third-order valence-electron chi connectivity index (χ3n) is 5.99. The normalized spacial score (nSPS) is 14.6. The Bertz CT molecular complexity index is 1740. The number of ether oxygens (including phenoxy) is 4. The van der Waals surface area contributed by atoms with Crippen LogP contribution in [0.4, 0.5) is 10.3 Å². The van der Waals surface area contributed by atoms with Gasteiger partial charge in [-0.25, -0.2) is 9.37 Å². The maximum absolute atomic E-state index is 13.8. The van der Waals surface area contributed by atoms with Crippen LogP contribution in [0.2, 0.25) is 0 Å². The maximum Gasteiger partial charge on any atom is 0.356 e. The Morgan fingerprint density at radius 2 is 1.93 bits per heavy atom. The Kier molecular flexibility index (Phi) is 8.69. The number of methoxy groups -OCH3 is 1. The van der Waals surface area contributed by atoms with Gasteiger partial charge < -0.3 is 33.8 Å². The summed E-state index contributed by atoms with van der Waals surface area (Å²) in [6, 6.07) is 12.7. The predicted octanol–water partition coefficient (Wildman–Crippen LogP) is 4.14. The maximum atomic E-state index is 13.8. The number of fused-ring (bicyclic) bond motifs is 1. The van der Waals surface area contributed by atoms with Crippen LogP contribution >= 0.6 is 7.60 Å². The number of nitrogens with two attached hydrogens (primary N) is 1. The minimum absolute atomic E-state index is 0.0202. The zero-order valence-electron chi connectivity index (χ0n) is 22.4. The Hall–Kier alpha value is -4.49. The molecule has 1 aliphatic heterocycles. The zero-order chi connectivity index (χ0) is 29.7. The highest BCUT2D eigenvalue weighted by atomic mass is 31.2. The number of hydrogen-bond donors (Lipinski definition) is 2. The van der Waals surface area contributed by atoms with E-state index in [-0.39, 0.29) is 55.2 Å². The summed E-state index contributed by atoms with van der Waals surface area (Å²) in [4.78, 5) is 22.5. The molecular weight excluding hydrogens is 572 g/mol. The molecule has 5 rings (SSSR count). The topological polar surface area (TPSA) is 162 Å². The van der Waals surface area contributed by atoms with E-state index in [0.717, 1.165) is 0 Å². The molecule has 4 aromatic rings. The van der Waals surface area contributed by atoms with Crippen LogP contribution in [0, 0.1) is 5.82 Å². The fourth-order valence-electron chi connectivity index (χ4n) is 3.97. The molecule has 13 nitrogen and oxygen atoms in total. The first-order chi connectivity index (χ1) is 20.2. The van der Waals surface area contributed by atoms with Gasteiger partial charge in [0.05, 0.1) is 26.7 Å². The van der Waals surface area contributed by atoms with Gasteiger partial charge in [-0.3, -0.25) is 18.9 Å². The number of H-pyrrole nitrogens is 1. The van der Waals surface area contributed by atoms with E-state index in [1.165, 1.54) is 24.5 Å². The van der Waals surface area contributed by atoms with Crippen LogP contribution in [-0.4, -0.2) is 46.2 Å². The lowest BCUT2D eigenvalue weighted by molar-refractivity contribution is 0.114. The average Bonchev–Trinajstić information content (AvgIpc) is 3.56. The number of imidazole rings is 1. The Morgan fingerprint density at radius 3 is 2.69 bits per heavy atom. The van der Waals surface area contributed by atoms with Crippen molar-refractivity contribution in [3.05, 3.63) is 100 Å². The molecule has 1 atom stereocenters. The van der Waals surface area contributed by atoms with Crippen LogP contribution in [0.15, 0.2) is 77.9 Å². The van der Waals surface area contributed by atoms with E-state index in [9.17, 15) is 13.8 Å². The van der Waals surface area contributed by atoms with Gasteiger partial charge in [-0.15, -0.1) is 0 Å². The number of rotatable bonds is 13. The number of aromatic amines is 1. The minimum Gasteiger partial charge on any atom is -0.497 e. The molecule has 3 N–H and O–H groups in total. The van der Waals surface area contributed by atoms with Crippen molar-refractivity contribution >= 4 is 30.5 Å². The highest BCUT2D eigenvalue weighted by Crippen LogP contribution is 2.50. The summed E-state index contributed by atoms with van der Waals surface area (Å²) in [6.45, 7) is 3.43. The number of benzene rings is 2. The SMILES string of the molecule is C=C1OC(COP(=O)(COCCn2cnc3c(=O)[nH]c(N)nc32)OCc2cccc(F)c2)=C(c2ccc(OC)cc2)O1. The van der Waals surface area contributed by atoms with Crippen molar-refractivity contribution in [2.45, 2.75) is 13.2 Å². The molecule has 3 heterocycles. The van der Waals surface area contributed by atoms with Crippen molar-refractivity contribution in [2.24, 2.45) is 0 Å². The van der Waals surface area contributed by atoms with Gasteiger partial charge in [-0.1, -0.05) is 12.1 Å². The molecule has 2 aromatic carbocycles. The van der Waals surface area contributed by atoms with Crippen LogP contribution in [0.25, 0.3) is 16.9 Å². The summed E-state index contributed by atoms with van der Waals surface area (Å²) in [6.07, 6.45) is 0.974. The molecule has 42 heavy (non-hydrogen) atoms. The molecule has 0 spiro atoms. The number of aromatic nitrogens is 4. The van der Waals surface area contributed by atoms with Crippen molar-refractivity contribution in [1.82, 2.24) is 19.5 Å². The third-order valence-corrected chi connectivity index (χ3v) is 7.53. The first-order valence-electron chi connectivity index (χ1n) is 12.6. The summed E-state index contributed by atoms with van der Waals surface area (Å²) in [5.74, 6) is 0.701. The molecule has 0 bridgehead atoms. The van der Waals surface area contributed by atoms with Crippen molar-refractivity contribution in [2.75, 3.05) is 32.4 Å². The zero-order valence-corrected chi connectivity index (χ0v) is 23.3. The number of hydrogen-bond acceptors (Lipinski definition) is 11. The number of nitrogens with one attached hydrogen (secondary N) is 1. The van der Waals surface area contributed by atoms with E-state index in [2.05, 4.69) is 21.5 Å². The monoisotopic (exact) mass is 599 g/mol. The fourth-order valence-corrected chi connectivity index (χ4v) is 5.21. The van der Waals surface area contributed by atoms with Crippen LogP contribution in [0.1, 0.15) is 11.1 Å². The summed E-state index contributed by atoms with van der Waals surface area (Å²) < 4.78 is 62.5. The molecule has 220 valence electrons. The minimum atomic E-state index is -3.95. The third kappa shape index (κ3) is 6.86. The van der Waals surface area contributed by atoms with E-state index in [1.807, 2.05) is 0 Å². The second-order valence-corrected chi connectivity index (χ2v) is 10.9. The Balaban J connectivity index is 1.29. The second kappa shape index (κ2) is 12.6. The van der Waals surface area contributed by atoms with Gasteiger partial charge in [0.15, 0.2) is 22.7 Å². The first kappa shape index (κ1) is 29.0. The molecule has 0 aliphatic carbocycles. The molecule has 0 saturated carbocycles. The first-order valence-corrected chi connectivity index (χ1v) is 14.3. The van der Waals surface area contributed by atoms with E-state index in [4.69, 9.17) is 33.7 Å². The van der Waals surface area contributed by atoms with Crippen molar-refractivity contribution < 1.29 is 37.0 Å². The lowest BCUT2D eigenvalue weighted by atomic mass is 10.1. The lowest BCUT2D eigenvalue weighted by Gasteiger charge is -2.19. The Labute approximate surface area is 238 Å². The highest BCUT2D eigenvalue weighted by Gasteiger charge is 2.30. The van der Waals surface area contributed by atoms with Crippen molar-refractivity contribution in [1.29, 1.82) is 0 Å². The van der Waals surface area contributed by atoms with Gasteiger partial charge >= 0.3 is 7.60 Å². The standard InChI is InChI=1S/C27H27FN5O8P/c1-17-40-22(24(41-17)19-6-8-21(36-2)9-7-19)14-39-42(35,38-13-18-4-3-5-20(28)12-18)16-37-11-10-33-15-30-23-25(33)31-27(29)32-26(23)34/h3-9,12,15H,1,10-11,13-14,16H2,2H3,(H3,29,31,32,34). The van der Waals surface area contributed by atoms with E-state index >= 15 is 0 Å². The number of nitrogens with zero attached hydrogens (tertiary/aromatic N) is 3. The molecule has 2 aromatic heterocycles. The fraction of sp³-hybridized carbons (Fsp3) is 0.222. The van der Waals surface area contributed by atoms with E-state index in [0.29, 0.717) is 22.6 Å². The van der Waals surface area contributed by atoms with Gasteiger partial charge in [0.1, 0.15) is 24.5 Å².